The summed E-state index contributed by atoms with van der Waals surface area (Å²) in [5, 5.41) is 0. The highest BCUT2D eigenvalue weighted by atomic mass is 16.6. The number of nitrogens with two attached hydrogens (primary N) is 1. The van der Waals surface area contributed by atoms with E-state index in [2.05, 4.69) is 24.8 Å². The molecule has 0 aliphatic heterocycles. The van der Waals surface area contributed by atoms with Gasteiger partial charge < -0.3 is 4.74 Å². The second-order valence-electron chi connectivity index (χ2n) is 3.51. The number of methoxy groups -OCH3 is 1. The van der Waals surface area contributed by atoms with E-state index < -0.39 is 0 Å². The van der Waals surface area contributed by atoms with Crippen molar-refractivity contribution in [1.29, 1.82) is 0 Å². The summed E-state index contributed by atoms with van der Waals surface area (Å²) in [5.41, 5.74) is 2.17. The molecule has 3 nitrogen and oxygen atoms in total. The fourth-order valence-corrected chi connectivity index (χ4v) is 1.51. The maximum atomic E-state index is 5.35. The van der Waals surface area contributed by atoms with Crippen LogP contribution in [0.2, 0.25) is 0 Å². The normalized spacial score (nSPS) is 10.6. The second kappa shape index (κ2) is 4.98. The Morgan fingerprint density at radius 2 is 2.07 bits per heavy atom. The summed E-state index contributed by atoms with van der Waals surface area (Å²) in [5.74, 6) is 6.37. The van der Waals surface area contributed by atoms with Crippen LogP contribution in [-0.2, 0) is 11.4 Å². The van der Waals surface area contributed by atoms with Gasteiger partial charge in [-0.15, -0.1) is 0 Å². The van der Waals surface area contributed by atoms with E-state index in [1.807, 2.05) is 12.1 Å². The summed E-state index contributed by atoms with van der Waals surface area (Å²) < 4.78 is 5.35. The fourth-order valence-electron chi connectivity index (χ4n) is 1.51. The largest absolute Gasteiger partial charge is 0.496 e. The summed E-state index contributed by atoms with van der Waals surface area (Å²) in [7, 11) is 1.67. The molecule has 1 aromatic rings. The lowest BCUT2D eigenvalue weighted by Crippen LogP contribution is -2.03. The third-order valence-corrected chi connectivity index (χ3v) is 2.19. The van der Waals surface area contributed by atoms with Crippen molar-refractivity contribution >= 4 is 0 Å². The molecule has 3 heteroatoms. The molecule has 1 rings (SSSR count). The Labute approximate surface area is 84.8 Å². The fraction of sp³-hybridized carbons (Fsp3) is 0.455. The second-order valence-corrected chi connectivity index (χ2v) is 3.51. The van der Waals surface area contributed by atoms with Crippen molar-refractivity contribution in [2.75, 3.05) is 7.11 Å². The standard InChI is InChI=1S/C11H17NO2/c1-8(2)10-6-4-5-9(7-14-12)11(10)13-3/h4-6,8H,7,12H2,1-3H3. The van der Waals surface area contributed by atoms with E-state index in [1.54, 1.807) is 7.11 Å². The number of hydrogen-bond acceptors (Lipinski definition) is 3. The smallest absolute Gasteiger partial charge is 0.127 e. The summed E-state index contributed by atoms with van der Waals surface area (Å²) in [4.78, 5) is 4.63. The van der Waals surface area contributed by atoms with Crippen molar-refractivity contribution in [2.45, 2.75) is 26.4 Å². The van der Waals surface area contributed by atoms with Crippen LogP contribution in [0.3, 0.4) is 0 Å². The van der Waals surface area contributed by atoms with Gasteiger partial charge >= 0.3 is 0 Å². The van der Waals surface area contributed by atoms with E-state index >= 15 is 0 Å². The number of ether oxygens (including phenoxy) is 1. The molecule has 0 amide bonds. The van der Waals surface area contributed by atoms with E-state index in [0.717, 1.165) is 11.3 Å². The topological polar surface area (TPSA) is 44.5 Å². The van der Waals surface area contributed by atoms with Gasteiger partial charge in [-0.25, -0.2) is 5.90 Å². The molecule has 0 spiro atoms. The SMILES string of the molecule is COc1c(CON)cccc1C(C)C. The summed E-state index contributed by atoms with van der Waals surface area (Å²) in [6, 6.07) is 6.01. The monoisotopic (exact) mass is 195 g/mol. The zero-order valence-corrected chi connectivity index (χ0v) is 8.91. The zero-order chi connectivity index (χ0) is 10.6. The molecule has 0 fully saturated rings. The molecule has 0 heterocycles. The van der Waals surface area contributed by atoms with Gasteiger partial charge in [-0.3, -0.25) is 4.84 Å². The molecule has 0 aromatic heterocycles. The average Bonchev–Trinajstić information content (AvgIpc) is 2.18. The molecule has 1 aromatic carbocycles. The molecule has 0 saturated carbocycles. The van der Waals surface area contributed by atoms with Crippen LogP contribution in [0.25, 0.3) is 0 Å². The van der Waals surface area contributed by atoms with Gasteiger partial charge in [-0.2, -0.15) is 0 Å². The lowest BCUT2D eigenvalue weighted by atomic mass is 9.99. The van der Waals surface area contributed by atoms with Gasteiger partial charge in [0.05, 0.1) is 13.7 Å². The number of para-hydroxylation sites is 1. The number of rotatable bonds is 4. The van der Waals surface area contributed by atoms with Gasteiger partial charge in [0.2, 0.25) is 0 Å². The lowest BCUT2D eigenvalue weighted by Gasteiger charge is -2.15. The van der Waals surface area contributed by atoms with Crippen molar-refractivity contribution in [1.82, 2.24) is 0 Å². The Kier molecular flexibility index (Phi) is 3.92. The van der Waals surface area contributed by atoms with Crippen LogP contribution in [0.4, 0.5) is 0 Å². The van der Waals surface area contributed by atoms with E-state index in [1.165, 1.54) is 5.56 Å². The molecule has 2 N–H and O–H groups in total. The van der Waals surface area contributed by atoms with Crippen LogP contribution < -0.4 is 10.6 Å². The van der Waals surface area contributed by atoms with E-state index in [-0.39, 0.29) is 0 Å². The Morgan fingerprint density at radius 3 is 2.57 bits per heavy atom. The predicted octanol–water partition coefficient (Wildman–Crippen LogP) is 2.21. The van der Waals surface area contributed by atoms with Gasteiger partial charge in [-0.05, 0) is 11.5 Å². The Morgan fingerprint density at radius 1 is 1.36 bits per heavy atom. The van der Waals surface area contributed by atoms with Crippen LogP contribution in [0.1, 0.15) is 30.9 Å². The van der Waals surface area contributed by atoms with E-state index in [0.29, 0.717) is 12.5 Å². The third kappa shape index (κ3) is 2.25. The van der Waals surface area contributed by atoms with E-state index in [9.17, 15) is 0 Å². The average molecular weight is 195 g/mol. The summed E-state index contributed by atoms with van der Waals surface area (Å²) >= 11 is 0. The minimum Gasteiger partial charge on any atom is -0.496 e. The molecule has 0 saturated heterocycles. The van der Waals surface area contributed by atoms with Crippen LogP contribution in [0.15, 0.2) is 18.2 Å². The first-order chi connectivity index (χ1) is 6.70. The Hall–Kier alpha value is -1.06. The molecular weight excluding hydrogens is 178 g/mol. The molecule has 78 valence electrons. The van der Waals surface area contributed by atoms with Crippen molar-refractivity contribution in [3.63, 3.8) is 0 Å². The molecular formula is C11H17NO2. The first kappa shape index (κ1) is 11.0. The Balaban J connectivity index is 3.11. The van der Waals surface area contributed by atoms with Gasteiger partial charge in [0.15, 0.2) is 0 Å². The zero-order valence-electron chi connectivity index (χ0n) is 8.91. The maximum Gasteiger partial charge on any atom is 0.127 e. The van der Waals surface area contributed by atoms with Crippen molar-refractivity contribution in [2.24, 2.45) is 5.90 Å². The van der Waals surface area contributed by atoms with Crippen molar-refractivity contribution in [3.8, 4) is 5.75 Å². The van der Waals surface area contributed by atoms with Gasteiger partial charge in [0, 0.05) is 5.56 Å². The maximum absolute atomic E-state index is 5.35. The number of benzene rings is 1. The van der Waals surface area contributed by atoms with Crippen LogP contribution in [-0.4, -0.2) is 7.11 Å². The minimum atomic E-state index is 0.379. The molecule has 14 heavy (non-hydrogen) atoms. The first-order valence-corrected chi connectivity index (χ1v) is 4.68. The number of hydrogen-bond donors (Lipinski definition) is 1. The van der Waals surface area contributed by atoms with Crippen molar-refractivity contribution < 1.29 is 9.57 Å². The molecule has 0 aliphatic rings. The first-order valence-electron chi connectivity index (χ1n) is 4.68. The van der Waals surface area contributed by atoms with Gasteiger partial charge in [0.25, 0.3) is 0 Å². The van der Waals surface area contributed by atoms with Crippen LogP contribution >= 0.6 is 0 Å². The van der Waals surface area contributed by atoms with Gasteiger partial charge in [0.1, 0.15) is 5.75 Å². The molecule has 0 bridgehead atoms. The quantitative estimate of drug-likeness (QED) is 0.749. The lowest BCUT2D eigenvalue weighted by molar-refractivity contribution is 0.122. The summed E-state index contributed by atoms with van der Waals surface area (Å²) in [6.45, 7) is 4.64. The van der Waals surface area contributed by atoms with Crippen molar-refractivity contribution in [3.05, 3.63) is 29.3 Å². The van der Waals surface area contributed by atoms with Crippen LogP contribution in [0.5, 0.6) is 5.75 Å². The van der Waals surface area contributed by atoms with E-state index in [4.69, 9.17) is 10.6 Å². The predicted molar refractivity (Wildman–Crippen MR) is 56.1 cm³/mol. The highest BCUT2D eigenvalue weighted by molar-refractivity contribution is 5.42. The highest BCUT2D eigenvalue weighted by Crippen LogP contribution is 2.29. The molecule has 0 aliphatic carbocycles. The van der Waals surface area contributed by atoms with Gasteiger partial charge in [-0.1, -0.05) is 32.0 Å². The molecule has 0 atom stereocenters. The van der Waals surface area contributed by atoms with Crippen LogP contribution in [0, 0.1) is 0 Å². The molecule has 0 radical (unpaired) electrons. The molecule has 0 unspecified atom stereocenters. The summed E-state index contributed by atoms with van der Waals surface area (Å²) in [6.07, 6.45) is 0. The third-order valence-electron chi connectivity index (χ3n) is 2.19. The minimum absolute atomic E-state index is 0.379. The Bertz CT molecular complexity index is 297. The highest BCUT2D eigenvalue weighted by Gasteiger charge is 2.11.